The van der Waals surface area contributed by atoms with Gasteiger partial charge in [-0.15, -0.1) is 12.1 Å². The Labute approximate surface area is 429 Å². The largest absolute Gasteiger partial charge is 0.507 e. The molecule has 0 bridgehead atoms. The van der Waals surface area contributed by atoms with Gasteiger partial charge in [0.25, 0.3) is 0 Å². The van der Waals surface area contributed by atoms with Gasteiger partial charge in [0.2, 0.25) is 0 Å². The van der Waals surface area contributed by atoms with E-state index >= 15 is 0 Å². The monoisotopic (exact) mass is 1110 g/mol. The summed E-state index contributed by atoms with van der Waals surface area (Å²) in [6, 6.07) is 53.2. The van der Waals surface area contributed by atoms with Gasteiger partial charge in [0.15, 0.2) is 0 Å². The number of hydrogen-bond donors (Lipinski definition) is 1. The Morgan fingerprint density at radius 1 is 0.606 bits per heavy atom. The predicted molar refractivity (Wildman–Crippen MR) is 292 cm³/mol. The molecule has 12 rings (SSSR count). The molecule has 0 saturated heterocycles. The first-order valence-electron chi connectivity index (χ1n) is 24.7. The van der Waals surface area contributed by atoms with Crippen LogP contribution in [0.25, 0.3) is 111 Å². The van der Waals surface area contributed by atoms with Crippen LogP contribution < -0.4 is 0 Å². The van der Waals surface area contributed by atoms with Gasteiger partial charge in [0.1, 0.15) is 17.2 Å². The number of nitrogens with zero attached hydrogens (tertiary/aromatic N) is 4. The molecule has 0 amide bonds. The minimum Gasteiger partial charge on any atom is -0.507 e. The van der Waals surface area contributed by atoms with Crippen LogP contribution in [0.5, 0.6) is 5.75 Å². The van der Waals surface area contributed by atoms with Crippen molar-refractivity contribution in [1.29, 1.82) is 0 Å². The van der Waals surface area contributed by atoms with Crippen molar-refractivity contribution in [2.45, 2.75) is 91.9 Å². The number of phenolic OH excluding ortho intramolecular Hbond substituents is 1. The molecule has 4 heterocycles. The molecule has 0 atom stereocenters. The maximum absolute atomic E-state index is 12.7. The molecule has 0 spiro atoms. The number of aromatic nitrogens is 4. The van der Waals surface area contributed by atoms with Gasteiger partial charge in [0.05, 0.1) is 39.2 Å². The smallest absolute Gasteiger partial charge is 0.149 e. The number of aromatic hydroxyl groups is 1. The molecule has 0 fully saturated rings. The van der Waals surface area contributed by atoms with Crippen molar-refractivity contribution in [3.05, 3.63) is 174 Å². The molecule has 1 N–H and O–H groups in total. The molecule has 4 aromatic heterocycles. The summed E-state index contributed by atoms with van der Waals surface area (Å²) in [6.45, 7) is 22.4. The molecule has 0 unspecified atom stereocenters. The number of hydrogen-bond acceptors (Lipinski definition) is 4. The van der Waals surface area contributed by atoms with E-state index in [1.54, 1.807) is 0 Å². The van der Waals surface area contributed by atoms with Crippen molar-refractivity contribution < 1.29 is 30.6 Å². The SMILES string of the molecule is CC(C)c1cc(-c2ccccc2)cc(C(C)C)c1-n1c(-c2cc(C(C)(C)C)cc(C(C)(C)C)c2O)nc2c(-c3cn4c5ccccc5c5c([c-]cc6oc7ccc8ccccc8c7c65)c4n3)cccc21.[Pt]. The van der Waals surface area contributed by atoms with E-state index in [0.29, 0.717) is 11.4 Å². The fourth-order valence-corrected chi connectivity index (χ4v) is 10.9. The third kappa shape index (κ3) is 7.31. The standard InChI is InChI=1S/C64H57N4O2.Pt/c1-36(2)46-31-40(38-19-12-11-13-20-38)32-47(37(3)4)59(46)68-52-26-18-24-43(58(52)66-62(68)48-33-41(63(5,6)7)34-49(60(48)69)64(8,9)10)50-35-67-51-25-17-16-23-44(51)55-45(61(67)65-50)28-30-54-57(55)56-42-22-15-14-21-39(42)27-29-53(56)70-54;/h11-27,29-37,69H,1-10H3;/q-1;. The molecule has 8 aromatic carbocycles. The Bertz CT molecular complexity index is 4070. The van der Waals surface area contributed by atoms with E-state index in [4.69, 9.17) is 14.4 Å². The summed E-state index contributed by atoms with van der Waals surface area (Å²) in [7, 11) is 0. The minimum atomic E-state index is -0.341. The first-order valence-corrected chi connectivity index (χ1v) is 24.7. The number of fused-ring (bicyclic) bond motifs is 13. The van der Waals surface area contributed by atoms with Gasteiger partial charge in [-0.1, -0.05) is 177 Å². The van der Waals surface area contributed by atoms with E-state index in [9.17, 15) is 5.11 Å². The van der Waals surface area contributed by atoms with Crippen molar-refractivity contribution in [3.8, 4) is 45.2 Å². The van der Waals surface area contributed by atoms with E-state index in [-0.39, 0.29) is 49.5 Å². The number of phenols is 1. The van der Waals surface area contributed by atoms with Gasteiger partial charge in [-0.3, -0.25) is 9.55 Å². The third-order valence-corrected chi connectivity index (χ3v) is 14.5. The van der Waals surface area contributed by atoms with Crippen LogP contribution in [-0.4, -0.2) is 24.0 Å². The van der Waals surface area contributed by atoms with Crippen molar-refractivity contribution >= 4 is 71.1 Å². The number of furan rings is 1. The second-order valence-corrected chi connectivity index (χ2v) is 21.9. The topological polar surface area (TPSA) is 68.5 Å². The van der Waals surface area contributed by atoms with Crippen LogP contribution in [0, 0.1) is 6.07 Å². The maximum atomic E-state index is 12.7. The normalized spacial score (nSPS) is 12.6. The van der Waals surface area contributed by atoms with E-state index in [0.717, 1.165) is 93.8 Å². The molecule has 0 aliphatic rings. The van der Waals surface area contributed by atoms with Crippen LogP contribution in [0.3, 0.4) is 0 Å². The molecule has 0 saturated carbocycles. The molecule has 12 aromatic rings. The van der Waals surface area contributed by atoms with E-state index in [1.165, 1.54) is 27.6 Å². The van der Waals surface area contributed by atoms with Gasteiger partial charge in [-0.05, 0) is 108 Å². The van der Waals surface area contributed by atoms with Crippen LogP contribution in [-0.2, 0) is 31.9 Å². The van der Waals surface area contributed by atoms with Crippen LogP contribution in [0.2, 0.25) is 0 Å². The Morgan fingerprint density at radius 3 is 1.99 bits per heavy atom. The summed E-state index contributed by atoms with van der Waals surface area (Å²) in [4.78, 5) is 11.3. The Morgan fingerprint density at radius 2 is 1.28 bits per heavy atom. The fraction of sp³-hybridized carbons (Fsp3) is 0.219. The van der Waals surface area contributed by atoms with Gasteiger partial charge in [0, 0.05) is 49.3 Å². The summed E-state index contributed by atoms with van der Waals surface area (Å²) >= 11 is 0. The molecule has 356 valence electrons. The second-order valence-electron chi connectivity index (χ2n) is 21.9. The van der Waals surface area contributed by atoms with Gasteiger partial charge < -0.3 is 13.9 Å². The number of rotatable bonds is 6. The Hall–Kier alpha value is -7.01. The predicted octanol–water partition coefficient (Wildman–Crippen LogP) is 17.4. The first-order chi connectivity index (χ1) is 33.6. The van der Waals surface area contributed by atoms with E-state index in [1.807, 2.05) is 6.07 Å². The molecular formula is C64H57N4O2Pt-. The Balaban J connectivity index is 0.00000547. The number of benzene rings is 8. The van der Waals surface area contributed by atoms with Crippen molar-refractivity contribution in [1.82, 2.24) is 18.9 Å². The van der Waals surface area contributed by atoms with Crippen molar-refractivity contribution in [2.24, 2.45) is 0 Å². The quantitative estimate of drug-likeness (QED) is 0.133. The van der Waals surface area contributed by atoms with Crippen LogP contribution in [0.1, 0.15) is 103 Å². The van der Waals surface area contributed by atoms with Crippen molar-refractivity contribution in [3.63, 3.8) is 0 Å². The summed E-state index contributed by atoms with van der Waals surface area (Å²) < 4.78 is 11.2. The molecule has 6 nitrogen and oxygen atoms in total. The van der Waals surface area contributed by atoms with E-state index < -0.39 is 0 Å². The maximum Gasteiger partial charge on any atom is 0.149 e. The molecule has 0 aliphatic carbocycles. The zero-order valence-corrected chi connectivity index (χ0v) is 44.2. The molecule has 0 radical (unpaired) electrons. The fourth-order valence-electron chi connectivity index (χ4n) is 10.9. The van der Waals surface area contributed by atoms with Gasteiger partial charge >= 0.3 is 0 Å². The van der Waals surface area contributed by atoms with E-state index in [2.05, 4.69) is 224 Å². The van der Waals surface area contributed by atoms with Crippen LogP contribution >= 0.6 is 0 Å². The average Bonchev–Trinajstić information content (AvgIpc) is 4.07. The summed E-state index contributed by atoms with van der Waals surface area (Å²) in [5.74, 6) is 1.28. The van der Waals surface area contributed by atoms with Crippen LogP contribution in [0.4, 0.5) is 0 Å². The number of imidazole rings is 2. The van der Waals surface area contributed by atoms with Gasteiger partial charge in [-0.2, -0.15) is 0 Å². The summed E-state index contributed by atoms with van der Waals surface area (Å²) in [6.07, 6.45) is 2.16. The Kier molecular flexibility index (Phi) is 11.0. The molecule has 7 heteroatoms. The minimum absolute atomic E-state index is 0. The molecular weight excluding hydrogens is 1050 g/mol. The summed E-state index contributed by atoms with van der Waals surface area (Å²) in [5, 5.41) is 20.3. The average molecular weight is 1110 g/mol. The van der Waals surface area contributed by atoms with Crippen LogP contribution in [0.15, 0.2) is 150 Å². The number of pyridine rings is 1. The third-order valence-electron chi connectivity index (χ3n) is 14.5. The zero-order chi connectivity index (χ0) is 48.5. The summed E-state index contributed by atoms with van der Waals surface area (Å²) in [5.41, 5.74) is 15.0. The molecule has 71 heavy (non-hydrogen) atoms. The second kappa shape index (κ2) is 16.8. The number of para-hydroxylation sites is 2. The van der Waals surface area contributed by atoms with Crippen molar-refractivity contribution in [2.75, 3.05) is 0 Å². The van der Waals surface area contributed by atoms with Gasteiger partial charge in [-0.25, -0.2) is 4.98 Å². The first kappa shape index (κ1) is 46.4. The zero-order valence-electron chi connectivity index (χ0n) is 42.0. The molecule has 0 aliphatic heterocycles.